The Morgan fingerprint density at radius 3 is 2.71 bits per heavy atom. The number of halogens is 2. The molecule has 2 saturated heterocycles. The van der Waals surface area contributed by atoms with E-state index in [1.807, 2.05) is 0 Å². The van der Waals surface area contributed by atoms with Crippen LogP contribution in [0.3, 0.4) is 0 Å². The lowest BCUT2D eigenvalue weighted by molar-refractivity contribution is 0.102. The fraction of sp³-hybridized carbons (Fsp3) is 0.333. The fourth-order valence-electron chi connectivity index (χ4n) is 5.29. The summed E-state index contributed by atoms with van der Waals surface area (Å²) in [5.41, 5.74) is -0.494. The minimum Gasteiger partial charge on any atom is -0.471 e. The maximum absolute atomic E-state index is 15.4. The van der Waals surface area contributed by atoms with Gasteiger partial charge in [-0.15, -0.1) is 0 Å². The molecule has 1 N–H and O–H groups in total. The number of hydrogen-bond acceptors (Lipinski definition) is 8. The number of rotatable bonds is 6. The fourth-order valence-corrected chi connectivity index (χ4v) is 5.29. The zero-order valence-corrected chi connectivity index (χ0v) is 18.3. The average molecular weight is 479 g/mol. The van der Waals surface area contributed by atoms with Crippen molar-refractivity contribution in [1.29, 1.82) is 5.26 Å². The molecule has 6 rings (SSSR count). The predicted octanol–water partition coefficient (Wildman–Crippen LogP) is 3.03. The molecular formula is C24H19F2N5O4. The molecule has 2 aliphatic heterocycles. The number of nitrogens with zero attached hydrogens (tertiary/aromatic N) is 4. The number of piperidine rings is 1. The van der Waals surface area contributed by atoms with Gasteiger partial charge in [0, 0.05) is 42.8 Å². The second-order valence-corrected chi connectivity index (χ2v) is 8.80. The van der Waals surface area contributed by atoms with Crippen LogP contribution in [-0.2, 0) is 10.2 Å². The van der Waals surface area contributed by atoms with Gasteiger partial charge in [-0.3, -0.25) is 9.88 Å². The second-order valence-electron chi connectivity index (χ2n) is 8.80. The van der Waals surface area contributed by atoms with Gasteiger partial charge in [0.25, 0.3) is 5.88 Å². The van der Waals surface area contributed by atoms with Gasteiger partial charge >= 0.3 is 6.09 Å². The lowest BCUT2D eigenvalue weighted by Gasteiger charge is -2.19. The molecule has 0 bridgehead atoms. The number of anilines is 1. The molecule has 9 nitrogen and oxygen atoms in total. The second kappa shape index (κ2) is 8.02. The van der Waals surface area contributed by atoms with E-state index in [-0.39, 0.29) is 47.7 Å². The van der Waals surface area contributed by atoms with E-state index >= 15 is 8.78 Å². The number of nitrogens with one attached hydrogen (secondary N) is 1. The Kier molecular flexibility index (Phi) is 4.93. The number of aromatic nitrogens is 2. The third-order valence-corrected chi connectivity index (χ3v) is 6.97. The third-order valence-electron chi connectivity index (χ3n) is 6.97. The summed E-state index contributed by atoms with van der Waals surface area (Å²) in [4.78, 5) is 17.9. The number of carbonyl (C=O) groups is 1. The molecule has 3 atom stereocenters. The predicted molar refractivity (Wildman–Crippen MR) is 116 cm³/mol. The van der Waals surface area contributed by atoms with E-state index < -0.39 is 29.2 Å². The van der Waals surface area contributed by atoms with Crippen molar-refractivity contribution in [3.05, 3.63) is 60.1 Å². The van der Waals surface area contributed by atoms with Gasteiger partial charge in [-0.05, 0) is 23.4 Å². The van der Waals surface area contributed by atoms with Gasteiger partial charge in [0.15, 0.2) is 6.10 Å². The lowest BCUT2D eigenvalue weighted by atomic mass is 9.89. The highest BCUT2D eigenvalue weighted by molar-refractivity contribution is 5.90. The maximum Gasteiger partial charge on any atom is 0.414 e. The highest BCUT2D eigenvalue weighted by Gasteiger charge is 2.69. The zero-order chi connectivity index (χ0) is 24.2. The maximum atomic E-state index is 15.4. The van der Waals surface area contributed by atoms with Crippen LogP contribution < -0.4 is 15.0 Å². The summed E-state index contributed by atoms with van der Waals surface area (Å²) >= 11 is 0. The topological polar surface area (TPSA) is 114 Å². The van der Waals surface area contributed by atoms with Gasteiger partial charge in [0.2, 0.25) is 0 Å². The normalized spacial score (nSPS) is 26.8. The van der Waals surface area contributed by atoms with Crippen molar-refractivity contribution < 1.29 is 27.6 Å². The van der Waals surface area contributed by atoms with Crippen LogP contribution in [0, 0.1) is 34.8 Å². The number of hydrogen-bond donors (Lipinski definition) is 1. The van der Waals surface area contributed by atoms with Crippen LogP contribution in [0.1, 0.15) is 5.69 Å². The quantitative estimate of drug-likeness (QED) is 0.574. The van der Waals surface area contributed by atoms with Crippen molar-refractivity contribution in [2.45, 2.75) is 11.5 Å². The SMILES string of the molecule is N#CC1(c2ncccc2-c2c(F)cc(N3CC(COc4ccon4)OC3=O)cc2F)C2CNCC21. The minimum atomic E-state index is -0.866. The summed E-state index contributed by atoms with van der Waals surface area (Å²) in [7, 11) is 0. The molecule has 2 aromatic heterocycles. The first-order chi connectivity index (χ1) is 17.0. The number of benzene rings is 1. The summed E-state index contributed by atoms with van der Waals surface area (Å²) < 4.78 is 46.1. The Bertz CT molecular complexity index is 1310. The molecule has 1 saturated carbocycles. The first-order valence-electron chi connectivity index (χ1n) is 11.1. The van der Waals surface area contributed by atoms with Gasteiger partial charge < -0.3 is 19.3 Å². The molecule has 0 spiro atoms. The smallest absolute Gasteiger partial charge is 0.414 e. The van der Waals surface area contributed by atoms with Crippen LogP contribution in [0.15, 0.2) is 47.3 Å². The van der Waals surface area contributed by atoms with Crippen molar-refractivity contribution in [2.75, 3.05) is 31.1 Å². The average Bonchev–Trinajstić information content (AvgIpc) is 3.39. The molecule has 3 aliphatic rings. The number of nitriles is 1. The Morgan fingerprint density at radius 1 is 1.26 bits per heavy atom. The van der Waals surface area contributed by atoms with Crippen LogP contribution >= 0.6 is 0 Å². The Labute approximate surface area is 198 Å². The Hall–Kier alpha value is -4.04. The Morgan fingerprint density at radius 2 is 2.03 bits per heavy atom. The molecular weight excluding hydrogens is 460 g/mol. The first kappa shape index (κ1) is 21.5. The van der Waals surface area contributed by atoms with Crippen LogP contribution in [-0.4, -0.2) is 48.6 Å². The van der Waals surface area contributed by atoms with Crippen LogP contribution in [0.4, 0.5) is 19.3 Å². The Balaban J connectivity index is 1.28. The van der Waals surface area contributed by atoms with Crippen molar-refractivity contribution in [2.24, 2.45) is 11.8 Å². The van der Waals surface area contributed by atoms with E-state index in [0.29, 0.717) is 18.8 Å². The molecule has 1 aliphatic carbocycles. The summed E-state index contributed by atoms with van der Waals surface area (Å²) in [6.45, 7) is 1.37. The van der Waals surface area contributed by atoms with E-state index in [2.05, 4.69) is 26.0 Å². The lowest BCUT2D eigenvalue weighted by Crippen LogP contribution is -2.27. The van der Waals surface area contributed by atoms with Gasteiger partial charge in [-0.1, -0.05) is 6.07 Å². The van der Waals surface area contributed by atoms with Crippen molar-refractivity contribution >= 4 is 11.8 Å². The number of cyclic esters (lactones) is 1. The monoisotopic (exact) mass is 479 g/mol. The minimum absolute atomic E-state index is 0.00426. The van der Waals surface area contributed by atoms with Crippen molar-refractivity contribution in [1.82, 2.24) is 15.5 Å². The summed E-state index contributed by atoms with van der Waals surface area (Å²) in [6.07, 6.45) is 1.47. The van der Waals surface area contributed by atoms with E-state index in [1.165, 1.54) is 18.5 Å². The molecule has 4 heterocycles. The molecule has 1 aromatic carbocycles. The molecule has 0 radical (unpaired) electrons. The summed E-state index contributed by atoms with van der Waals surface area (Å²) in [6, 6.07) is 9.22. The van der Waals surface area contributed by atoms with E-state index in [9.17, 15) is 10.1 Å². The van der Waals surface area contributed by atoms with Crippen LogP contribution in [0.25, 0.3) is 11.1 Å². The number of ether oxygens (including phenoxy) is 2. The molecule has 11 heteroatoms. The number of amides is 1. The standard InChI is InChI=1S/C24H19F2N5O4/c25-18-6-13(31-10-14(35-23(31)32)11-33-20-3-5-34-30-20)7-19(26)21(18)15-2-1-4-29-22(15)24(12-27)16-8-28-9-17(16)24/h1-7,14,16-17,28H,8-11H2. The molecule has 35 heavy (non-hydrogen) atoms. The van der Waals surface area contributed by atoms with Gasteiger partial charge in [-0.2, -0.15) is 5.26 Å². The summed E-state index contributed by atoms with van der Waals surface area (Å²) in [5.74, 6) is -1.37. The molecule has 3 aromatic rings. The number of carbonyl (C=O) groups excluding carboxylic acids is 1. The number of fused-ring (bicyclic) bond motifs is 1. The highest BCUT2D eigenvalue weighted by atomic mass is 19.1. The van der Waals surface area contributed by atoms with Crippen LogP contribution in [0.2, 0.25) is 0 Å². The van der Waals surface area contributed by atoms with Crippen LogP contribution in [0.5, 0.6) is 5.88 Å². The summed E-state index contributed by atoms with van der Waals surface area (Å²) in [5, 5.41) is 16.8. The molecule has 1 amide bonds. The largest absolute Gasteiger partial charge is 0.471 e. The van der Waals surface area contributed by atoms with E-state index in [0.717, 1.165) is 17.0 Å². The van der Waals surface area contributed by atoms with Gasteiger partial charge in [0.1, 0.15) is 29.9 Å². The van der Waals surface area contributed by atoms with Gasteiger partial charge in [0.05, 0.1) is 29.6 Å². The number of pyridine rings is 1. The van der Waals surface area contributed by atoms with E-state index in [4.69, 9.17) is 9.47 Å². The zero-order valence-electron chi connectivity index (χ0n) is 18.3. The highest BCUT2D eigenvalue weighted by Crippen LogP contribution is 2.62. The van der Waals surface area contributed by atoms with Crippen molar-refractivity contribution in [3.8, 4) is 23.1 Å². The van der Waals surface area contributed by atoms with Gasteiger partial charge in [-0.25, -0.2) is 13.6 Å². The van der Waals surface area contributed by atoms with E-state index in [1.54, 1.807) is 12.1 Å². The first-order valence-corrected chi connectivity index (χ1v) is 11.1. The molecule has 3 unspecified atom stereocenters. The third kappa shape index (κ3) is 3.32. The van der Waals surface area contributed by atoms with Crippen molar-refractivity contribution in [3.63, 3.8) is 0 Å². The molecule has 3 fully saturated rings. The molecule has 178 valence electrons.